The molecule has 6 heterocycles. The normalized spacial score (nSPS) is 28.2. The van der Waals surface area contributed by atoms with Gasteiger partial charge in [-0.05, 0) is 137 Å². The Bertz CT molecular complexity index is 2260. The van der Waals surface area contributed by atoms with Crippen LogP contribution in [0.3, 0.4) is 0 Å². The summed E-state index contributed by atoms with van der Waals surface area (Å²) in [7, 11) is 2.66. The van der Waals surface area contributed by atoms with Crippen molar-refractivity contribution >= 4 is 24.0 Å². The van der Waals surface area contributed by atoms with Crippen molar-refractivity contribution in [3.05, 3.63) is 72.6 Å². The van der Waals surface area contributed by atoms with Crippen LogP contribution >= 0.6 is 0 Å². The molecule has 0 radical (unpaired) electrons. The molecular weight excluding hydrogens is 865 g/mol. The number of hydrogen-bond acceptors (Lipinski definition) is 10. The minimum Gasteiger partial charge on any atom is -0.453 e. The lowest BCUT2D eigenvalue weighted by Crippen LogP contribution is -2.55. The third-order valence-corrected chi connectivity index (χ3v) is 15.8. The van der Waals surface area contributed by atoms with Crippen LogP contribution in [0.4, 0.5) is 9.59 Å². The number of imidazole rings is 2. The van der Waals surface area contributed by atoms with Gasteiger partial charge in [0.25, 0.3) is 0 Å². The third-order valence-electron chi connectivity index (χ3n) is 15.8. The molecule has 4 amide bonds. The van der Waals surface area contributed by atoms with Gasteiger partial charge >= 0.3 is 12.2 Å². The Kier molecular flexibility index (Phi) is 13.3. The first-order valence-electron chi connectivity index (χ1n) is 24.9. The lowest BCUT2D eigenvalue weighted by atomic mass is 9.86. The number of alkyl carbamates (subject to hydrolysis) is 2. The number of carbonyl (C=O) groups excluding carboxylic acids is 4. The molecule has 10 atom stereocenters. The van der Waals surface area contributed by atoms with Crippen LogP contribution in [0, 0.1) is 23.7 Å². The van der Waals surface area contributed by atoms with Crippen molar-refractivity contribution in [2.45, 2.75) is 139 Å². The van der Waals surface area contributed by atoms with E-state index < -0.39 is 24.3 Å². The number of ether oxygens (including phenoxy) is 4. The van der Waals surface area contributed by atoms with Crippen LogP contribution < -0.4 is 10.6 Å². The summed E-state index contributed by atoms with van der Waals surface area (Å²) in [5, 5.41) is 5.83. The number of methoxy groups -OCH3 is 2. The lowest BCUT2D eigenvalue weighted by Gasteiger charge is -2.38. The summed E-state index contributed by atoms with van der Waals surface area (Å²) in [6.07, 6.45) is 13.5. The van der Waals surface area contributed by atoms with E-state index in [1.54, 1.807) is 0 Å². The second-order valence-electron chi connectivity index (χ2n) is 20.2. The molecule has 16 nitrogen and oxygen atoms in total. The van der Waals surface area contributed by atoms with Crippen molar-refractivity contribution in [3.8, 4) is 33.6 Å². The van der Waals surface area contributed by atoms with Gasteiger partial charge < -0.3 is 49.3 Å². The van der Waals surface area contributed by atoms with Gasteiger partial charge in [0.2, 0.25) is 11.8 Å². The number of nitrogens with one attached hydrogen (secondary N) is 4. The molecule has 0 unspecified atom stereocenters. The Morgan fingerprint density at radius 2 is 0.956 bits per heavy atom. The van der Waals surface area contributed by atoms with Gasteiger partial charge in [-0.1, -0.05) is 48.5 Å². The minimum atomic E-state index is -0.702. The maximum Gasteiger partial charge on any atom is 0.407 e. The minimum absolute atomic E-state index is 0.0153. The Labute approximate surface area is 398 Å². The number of amides is 4. The van der Waals surface area contributed by atoms with Crippen LogP contribution in [0.15, 0.2) is 60.9 Å². The van der Waals surface area contributed by atoms with E-state index >= 15 is 0 Å². The zero-order valence-electron chi connectivity index (χ0n) is 39.7. The predicted octanol–water partition coefficient (Wildman–Crippen LogP) is 8.10. The van der Waals surface area contributed by atoms with Crippen LogP contribution in [-0.4, -0.2) is 118 Å². The number of aromatic amines is 2. The summed E-state index contributed by atoms with van der Waals surface area (Å²) in [6, 6.07) is 14.8. The quantitative estimate of drug-likeness (QED) is 0.102. The Morgan fingerprint density at radius 1 is 0.574 bits per heavy atom. The fourth-order valence-corrected chi connectivity index (χ4v) is 11.6. The van der Waals surface area contributed by atoms with Gasteiger partial charge in [0, 0.05) is 25.3 Å². The van der Waals surface area contributed by atoms with Crippen molar-refractivity contribution in [1.82, 2.24) is 40.4 Å². The maximum absolute atomic E-state index is 14.5. The van der Waals surface area contributed by atoms with Crippen molar-refractivity contribution in [1.29, 1.82) is 0 Å². The first-order valence-corrected chi connectivity index (χ1v) is 24.9. The SMILES string of the molecule is COC(=O)N[C@H](C(=O)N1[C@@H](C)CC[C@H]1c1ncc(-c2ccc(-c3ccc(-c4cnc([C@@H]5CC[C@H](C)N5C(=O)[C@@H](NC(=O)OC)[C@@H]5CCO[C@@H](C6CC6)C5)[nH]4)cc3)cc2)[nH]1)[C@@H]1CCO[C@@H](C2CC2)C1. The van der Waals surface area contributed by atoms with Gasteiger partial charge in [-0.25, -0.2) is 19.6 Å². The number of likely N-dealkylation sites (tertiary alicyclic amines) is 2. The van der Waals surface area contributed by atoms with E-state index in [0.29, 0.717) is 37.9 Å². The summed E-state index contributed by atoms with van der Waals surface area (Å²) in [4.78, 5) is 74.7. The highest BCUT2D eigenvalue weighted by molar-refractivity contribution is 5.88. The summed E-state index contributed by atoms with van der Waals surface area (Å²) in [5.41, 5.74) is 5.81. The van der Waals surface area contributed by atoms with Crippen LogP contribution in [0.1, 0.15) is 115 Å². The zero-order valence-corrected chi connectivity index (χ0v) is 39.7. The van der Waals surface area contributed by atoms with Crippen LogP contribution in [0.2, 0.25) is 0 Å². The molecule has 4 saturated heterocycles. The molecule has 4 aromatic rings. The standard InChI is InChI=1S/C52H66N8O8/c1-29-5-19-41(59(29)49(61)45(57-51(63)65-3)37-21-23-67-43(25-37)35-15-16-35)47-53-27-39(55-47)33-11-7-31(8-12-33)32-9-13-34(14-10-32)40-28-54-48(56-40)42-20-6-30(2)60(42)50(62)46(58-52(64)66-4)38-22-24-68-44(26-38)36-17-18-36/h7-14,27-30,35-38,41-46H,5-6,15-26H2,1-4H3,(H,53,55)(H,54,56)(H,57,63)(H,58,64)/t29-,30-,37+,38+,41-,42-,43+,44+,45-,46-/m0/s1. The summed E-state index contributed by atoms with van der Waals surface area (Å²) < 4.78 is 22.1. The molecule has 362 valence electrons. The lowest BCUT2D eigenvalue weighted by molar-refractivity contribution is -0.140. The molecule has 2 aliphatic carbocycles. The fourth-order valence-electron chi connectivity index (χ4n) is 11.6. The molecule has 16 heteroatoms. The first kappa shape index (κ1) is 46.0. The monoisotopic (exact) mass is 931 g/mol. The van der Waals surface area contributed by atoms with Crippen molar-refractivity contribution in [2.75, 3.05) is 27.4 Å². The Balaban J connectivity index is 0.797. The molecule has 2 aromatic carbocycles. The molecule has 0 spiro atoms. The smallest absolute Gasteiger partial charge is 0.407 e. The number of aromatic nitrogens is 4. The number of carbonyl (C=O) groups is 4. The van der Waals surface area contributed by atoms with E-state index in [1.807, 2.05) is 22.2 Å². The molecule has 6 aliphatic rings. The summed E-state index contributed by atoms with van der Waals surface area (Å²) in [5.74, 6) is 2.30. The van der Waals surface area contributed by atoms with E-state index in [2.05, 4.69) is 83.0 Å². The number of rotatable bonds is 13. The van der Waals surface area contributed by atoms with Crippen molar-refractivity contribution in [3.63, 3.8) is 0 Å². The maximum atomic E-state index is 14.5. The molecule has 2 aromatic heterocycles. The van der Waals surface area contributed by atoms with Gasteiger partial charge in [0.15, 0.2) is 0 Å². The summed E-state index contributed by atoms with van der Waals surface area (Å²) >= 11 is 0. The van der Waals surface area contributed by atoms with E-state index in [1.165, 1.54) is 14.2 Å². The van der Waals surface area contributed by atoms with Gasteiger partial charge in [0.05, 0.1) is 62.3 Å². The molecule has 0 bridgehead atoms. The molecule has 68 heavy (non-hydrogen) atoms. The van der Waals surface area contributed by atoms with Gasteiger partial charge in [-0.2, -0.15) is 0 Å². The number of H-pyrrole nitrogens is 2. The second-order valence-corrected chi connectivity index (χ2v) is 20.2. The summed E-state index contributed by atoms with van der Waals surface area (Å²) in [6.45, 7) is 5.31. The highest BCUT2D eigenvalue weighted by Gasteiger charge is 2.47. The molecule has 4 aliphatic heterocycles. The zero-order chi connectivity index (χ0) is 47.1. The molecule has 4 N–H and O–H groups in total. The molecular formula is C52H66N8O8. The van der Waals surface area contributed by atoms with Crippen LogP contribution in [-0.2, 0) is 28.5 Å². The largest absolute Gasteiger partial charge is 0.453 e. The number of nitrogens with zero attached hydrogens (tertiary/aromatic N) is 4. The molecule has 2 saturated carbocycles. The Morgan fingerprint density at radius 3 is 1.32 bits per heavy atom. The fraction of sp³-hybridized carbons (Fsp3) is 0.577. The average Bonchev–Trinajstić information content (AvgIpc) is 4.21. The van der Waals surface area contributed by atoms with Gasteiger partial charge in [0.1, 0.15) is 23.7 Å². The van der Waals surface area contributed by atoms with Gasteiger partial charge in [-0.3, -0.25) is 9.59 Å². The van der Waals surface area contributed by atoms with E-state index in [4.69, 9.17) is 28.9 Å². The van der Waals surface area contributed by atoms with Crippen LogP contribution in [0.5, 0.6) is 0 Å². The predicted molar refractivity (Wildman–Crippen MR) is 253 cm³/mol. The van der Waals surface area contributed by atoms with E-state index in [-0.39, 0.29) is 60.0 Å². The first-order chi connectivity index (χ1) is 33.1. The number of benzene rings is 2. The van der Waals surface area contributed by atoms with Crippen molar-refractivity contribution < 1.29 is 38.1 Å². The van der Waals surface area contributed by atoms with Crippen LogP contribution in [0.25, 0.3) is 33.6 Å². The highest BCUT2D eigenvalue weighted by Crippen LogP contribution is 2.44. The second kappa shape index (κ2) is 19.7. The van der Waals surface area contributed by atoms with Gasteiger partial charge in [-0.15, -0.1) is 0 Å². The van der Waals surface area contributed by atoms with E-state index in [9.17, 15) is 19.2 Å². The highest BCUT2D eigenvalue weighted by atomic mass is 16.5. The third kappa shape index (κ3) is 9.63. The number of hydrogen-bond donors (Lipinski definition) is 4. The van der Waals surface area contributed by atoms with Crippen molar-refractivity contribution in [2.24, 2.45) is 23.7 Å². The Hall–Kier alpha value is -5.74. The molecule has 6 fully saturated rings. The molecule has 10 rings (SSSR count). The average molecular weight is 931 g/mol. The topological polar surface area (TPSA) is 193 Å². The van der Waals surface area contributed by atoms with E-state index in [0.717, 1.165) is 109 Å².